The van der Waals surface area contributed by atoms with E-state index in [0.29, 0.717) is 24.4 Å². The number of aromatic nitrogens is 2. The zero-order valence-corrected chi connectivity index (χ0v) is 14.0. The molecule has 1 aliphatic rings. The van der Waals surface area contributed by atoms with Crippen molar-refractivity contribution >= 4 is 28.5 Å². The molecule has 3 aromatic rings. The van der Waals surface area contributed by atoms with Gasteiger partial charge in [-0.05, 0) is 24.3 Å². The van der Waals surface area contributed by atoms with Crippen molar-refractivity contribution in [3.8, 4) is 5.75 Å². The molecule has 2 amide bonds. The summed E-state index contributed by atoms with van der Waals surface area (Å²) in [5.74, 6) is 0.844. The number of ether oxygens (including phenoxy) is 1. The number of imidazole rings is 1. The van der Waals surface area contributed by atoms with Crippen molar-refractivity contribution in [2.45, 2.75) is 18.9 Å². The Balaban J connectivity index is 1.29. The molecule has 0 fully saturated rings. The third-order valence-electron chi connectivity index (χ3n) is 4.20. The van der Waals surface area contributed by atoms with E-state index < -0.39 is 6.10 Å². The van der Waals surface area contributed by atoms with Gasteiger partial charge in [-0.3, -0.25) is 9.59 Å². The van der Waals surface area contributed by atoms with Crippen LogP contribution < -0.4 is 15.4 Å². The number of carbonyl (C=O) groups is 2. The smallest absolute Gasteiger partial charge is 0.266 e. The number of anilines is 1. The summed E-state index contributed by atoms with van der Waals surface area (Å²) in [6.07, 6.45) is -0.266. The van der Waals surface area contributed by atoms with E-state index in [1.54, 1.807) is 12.1 Å². The summed E-state index contributed by atoms with van der Waals surface area (Å²) in [6.45, 7) is 0.434. The topological polar surface area (TPSA) is 96.1 Å². The Labute approximate surface area is 149 Å². The Morgan fingerprint density at radius 1 is 1.15 bits per heavy atom. The lowest BCUT2D eigenvalue weighted by Gasteiger charge is -2.25. The van der Waals surface area contributed by atoms with E-state index in [1.807, 2.05) is 36.4 Å². The molecule has 0 saturated heterocycles. The molecule has 7 heteroatoms. The number of hydrogen-bond acceptors (Lipinski definition) is 4. The molecule has 2 heterocycles. The van der Waals surface area contributed by atoms with Crippen molar-refractivity contribution in [1.82, 2.24) is 15.3 Å². The maximum atomic E-state index is 12.1. The molecule has 0 spiro atoms. The second-order valence-corrected chi connectivity index (χ2v) is 6.10. The second-order valence-electron chi connectivity index (χ2n) is 6.10. The van der Waals surface area contributed by atoms with Gasteiger partial charge in [0, 0.05) is 13.0 Å². The van der Waals surface area contributed by atoms with Gasteiger partial charge in [0.1, 0.15) is 11.6 Å². The molecule has 0 radical (unpaired) electrons. The maximum absolute atomic E-state index is 12.1. The summed E-state index contributed by atoms with van der Waals surface area (Å²) in [6, 6.07) is 14.9. The van der Waals surface area contributed by atoms with E-state index in [0.717, 1.165) is 16.9 Å². The third-order valence-corrected chi connectivity index (χ3v) is 4.20. The zero-order valence-electron chi connectivity index (χ0n) is 14.0. The zero-order chi connectivity index (χ0) is 17.9. The Morgan fingerprint density at radius 3 is 2.85 bits per heavy atom. The molecular weight excluding hydrogens is 332 g/mol. The minimum atomic E-state index is -0.823. The van der Waals surface area contributed by atoms with E-state index in [4.69, 9.17) is 4.74 Å². The highest BCUT2D eigenvalue weighted by atomic mass is 16.5. The van der Waals surface area contributed by atoms with E-state index >= 15 is 0 Å². The lowest BCUT2D eigenvalue weighted by Crippen LogP contribution is -2.41. The van der Waals surface area contributed by atoms with Gasteiger partial charge in [0.15, 0.2) is 6.10 Å². The first-order valence-corrected chi connectivity index (χ1v) is 8.46. The van der Waals surface area contributed by atoms with Crippen LogP contribution >= 0.6 is 0 Å². The van der Waals surface area contributed by atoms with Gasteiger partial charge in [0.2, 0.25) is 5.91 Å². The predicted octanol–water partition coefficient (Wildman–Crippen LogP) is 2.01. The molecule has 1 aliphatic heterocycles. The monoisotopic (exact) mass is 350 g/mol. The largest absolute Gasteiger partial charge is 0.478 e. The SMILES string of the molecule is O=C(CC1Oc2ccccc2NC1=O)NCCc1nc2ccccc2[nH]1. The fraction of sp³-hybridized carbons (Fsp3) is 0.211. The number of aromatic amines is 1. The van der Waals surface area contributed by atoms with Crippen LogP contribution in [-0.2, 0) is 16.0 Å². The highest BCUT2D eigenvalue weighted by Gasteiger charge is 2.29. The molecule has 26 heavy (non-hydrogen) atoms. The van der Waals surface area contributed by atoms with Crippen LogP contribution in [0.5, 0.6) is 5.75 Å². The molecule has 7 nitrogen and oxygen atoms in total. The Hall–Kier alpha value is -3.35. The molecule has 0 bridgehead atoms. The summed E-state index contributed by atoms with van der Waals surface area (Å²) in [7, 11) is 0. The number of benzene rings is 2. The predicted molar refractivity (Wildman–Crippen MR) is 96.9 cm³/mol. The van der Waals surface area contributed by atoms with E-state index in [9.17, 15) is 9.59 Å². The van der Waals surface area contributed by atoms with Crippen LogP contribution in [0, 0.1) is 0 Å². The Kier molecular flexibility index (Phi) is 4.27. The Morgan fingerprint density at radius 2 is 1.96 bits per heavy atom. The summed E-state index contributed by atoms with van der Waals surface area (Å²) >= 11 is 0. The fourth-order valence-corrected chi connectivity index (χ4v) is 2.91. The molecular formula is C19H18N4O3. The summed E-state index contributed by atoms with van der Waals surface area (Å²) < 4.78 is 5.63. The highest BCUT2D eigenvalue weighted by molar-refractivity contribution is 5.99. The lowest BCUT2D eigenvalue weighted by atomic mass is 10.1. The first kappa shape index (κ1) is 16.1. The van der Waals surface area contributed by atoms with Crippen LogP contribution in [0.25, 0.3) is 11.0 Å². The number of para-hydroxylation sites is 4. The number of hydrogen-bond donors (Lipinski definition) is 3. The maximum Gasteiger partial charge on any atom is 0.266 e. The van der Waals surface area contributed by atoms with Gasteiger partial charge in [-0.15, -0.1) is 0 Å². The number of carbonyl (C=O) groups excluding carboxylic acids is 2. The molecule has 0 saturated carbocycles. The molecule has 0 aliphatic carbocycles. The van der Waals surface area contributed by atoms with Crippen LogP contribution in [-0.4, -0.2) is 34.4 Å². The fourth-order valence-electron chi connectivity index (χ4n) is 2.91. The van der Waals surface area contributed by atoms with Crippen molar-refractivity contribution in [3.05, 3.63) is 54.4 Å². The van der Waals surface area contributed by atoms with E-state index in [-0.39, 0.29) is 18.2 Å². The first-order chi connectivity index (χ1) is 12.7. The van der Waals surface area contributed by atoms with Gasteiger partial charge in [0.05, 0.1) is 23.1 Å². The highest BCUT2D eigenvalue weighted by Crippen LogP contribution is 2.29. The van der Waals surface area contributed by atoms with Crippen LogP contribution in [0.2, 0.25) is 0 Å². The average Bonchev–Trinajstić information content (AvgIpc) is 3.05. The number of rotatable bonds is 5. The summed E-state index contributed by atoms with van der Waals surface area (Å²) in [5, 5.41) is 5.56. The van der Waals surface area contributed by atoms with Crippen LogP contribution in [0.15, 0.2) is 48.5 Å². The van der Waals surface area contributed by atoms with Crippen molar-refractivity contribution in [3.63, 3.8) is 0 Å². The van der Waals surface area contributed by atoms with Crippen molar-refractivity contribution in [2.75, 3.05) is 11.9 Å². The molecule has 1 atom stereocenters. The molecule has 3 N–H and O–H groups in total. The van der Waals surface area contributed by atoms with Crippen molar-refractivity contribution in [1.29, 1.82) is 0 Å². The molecule has 1 aromatic heterocycles. The van der Waals surface area contributed by atoms with Crippen molar-refractivity contribution in [2.24, 2.45) is 0 Å². The number of nitrogens with one attached hydrogen (secondary N) is 3. The molecule has 4 rings (SSSR count). The van der Waals surface area contributed by atoms with Crippen LogP contribution in [0.3, 0.4) is 0 Å². The average molecular weight is 350 g/mol. The van der Waals surface area contributed by atoms with E-state index in [1.165, 1.54) is 0 Å². The number of fused-ring (bicyclic) bond motifs is 2. The van der Waals surface area contributed by atoms with Gasteiger partial charge in [-0.2, -0.15) is 0 Å². The van der Waals surface area contributed by atoms with Gasteiger partial charge in [-0.25, -0.2) is 4.98 Å². The molecule has 2 aromatic carbocycles. The minimum Gasteiger partial charge on any atom is -0.478 e. The third kappa shape index (κ3) is 3.37. The van der Waals surface area contributed by atoms with Gasteiger partial charge in [0.25, 0.3) is 5.91 Å². The normalized spacial score (nSPS) is 15.8. The molecule has 1 unspecified atom stereocenters. The van der Waals surface area contributed by atoms with Gasteiger partial charge < -0.3 is 20.4 Å². The standard InChI is InChI=1S/C19H18N4O3/c24-18(11-16-19(25)23-14-7-3-4-8-15(14)26-16)20-10-9-17-21-12-5-1-2-6-13(12)22-17/h1-8,16H,9-11H2,(H,20,24)(H,21,22)(H,23,25). The molecule has 132 valence electrons. The number of nitrogens with zero attached hydrogens (tertiary/aromatic N) is 1. The Bertz CT molecular complexity index is 933. The first-order valence-electron chi connectivity index (χ1n) is 8.46. The van der Waals surface area contributed by atoms with Gasteiger partial charge >= 0.3 is 0 Å². The second kappa shape index (κ2) is 6.87. The summed E-state index contributed by atoms with van der Waals surface area (Å²) in [4.78, 5) is 31.9. The van der Waals surface area contributed by atoms with Crippen molar-refractivity contribution < 1.29 is 14.3 Å². The van der Waals surface area contributed by atoms with Crippen LogP contribution in [0.4, 0.5) is 5.69 Å². The minimum absolute atomic E-state index is 0.0275. The number of amides is 2. The number of H-pyrrole nitrogens is 1. The van der Waals surface area contributed by atoms with Gasteiger partial charge in [-0.1, -0.05) is 24.3 Å². The summed E-state index contributed by atoms with van der Waals surface area (Å²) in [5.41, 5.74) is 2.50. The lowest BCUT2D eigenvalue weighted by molar-refractivity contribution is -0.130. The van der Waals surface area contributed by atoms with Crippen LogP contribution in [0.1, 0.15) is 12.2 Å². The van der Waals surface area contributed by atoms with E-state index in [2.05, 4.69) is 20.6 Å². The quantitative estimate of drug-likeness (QED) is 0.656.